The third kappa shape index (κ3) is 7.54. The van der Waals surface area contributed by atoms with E-state index < -0.39 is 109 Å². The van der Waals surface area contributed by atoms with Crippen molar-refractivity contribution in [1.29, 1.82) is 0 Å². The Hall–Kier alpha value is -0.970. The number of carbonyl (C=O) groups excluding carboxylic acids is 1. The second kappa shape index (κ2) is 14.6. The summed E-state index contributed by atoms with van der Waals surface area (Å²) in [5, 5.41) is 66.6. The summed E-state index contributed by atoms with van der Waals surface area (Å²) < 4.78 is 23.9. The Balaban J connectivity index is 1.56. The van der Waals surface area contributed by atoms with E-state index in [0.717, 1.165) is 0 Å². The lowest BCUT2D eigenvalue weighted by molar-refractivity contribution is -0.320. The lowest BCUT2D eigenvalue weighted by Gasteiger charge is -2.49. The van der Waals surface area contributed by atoms with Gasteiger partial charge in [0.1, 0.15) is 36.1 Å². The lowest BCUT2D eigenvalue weighted by Crippen LogP contribution is -2.66. The predicted octanol–water partition coefficient (Wildman–Crippen LogP) is -6.61. The van der Waals surface area contributed by atoms with Crippen molar-refractivity contribution in [2.75, 3.05) is 26.2 Å². The quantitative estimate of drug-likeness (QED) is 0.0849. The summed E-state index contributed by atoms with van der Waals surface area (Å²) in [6.45, 7) is 0.355. The van der Waals surface area contributed by atoms with Gasteiger partial charge in [0.2, 0.25) is 0 Å². The molecule has 0 aromatic carbocycles. The van der Waals surface area contributed by atoms with Crippen LogP contribution in [0.5, 0.6) is 0 Å². The van der Waals surface area contributed by atoms with Crippen molar-refractivity contribution in [2.24, 2.45) is 34.6 Å². The number of aliphatic hydroxyl groups excluding tert-OH is 5. The Morgan fingerprint density at radius 3 is 2.19 bits per heavy atom. The van der Waals surface area contributed by atoms with Crippen molar-refractivity contribution in [2.45, 2.75) is 123 Å². The summed E-state index contributed by atoms with van der Waals surface area (Å²) in [6.07, 6.45) is -11.2. The largest absolute Gasteiger partial charge is 0.394 e. The molecule has 2 aliphatic carbocycles. The van der Waals surface area contributed by atoms with E-state index in [0.29, 0.717) is 19.5 Å². The van der Waals surface area contributed by atoms with Crippen molar-refractivity contribution in [3.8, 4) is 0 Å². The predicted molar refractivity (Wildman–Crippen MR) is 149 cm³/mol. The van der Waals surface area contributed by atoms with Gasteiger partial charge >= 0.3 is 0 Å². The number of nitrogens with two attached hydrogens (primary N) is 5. The molecular weight excluding hydrogens is 572 g/mol. The molecular formula is C26H50N6O11. The number of rotatable bonds is 13. The van der Waals surface area contributed by atoms with Crippen LogP contribution in [0.2, 0.25) is 0 Å². The summed E-state index contributed by atoms with van der Waals surface area (Å²) in [4.78, 5) is 13.0. The first kappa shape index (κ1) is 34.9. The highest BCUT2D eigenvalue weighted by molar-refractivity contribution is 5.91. The molecule has 2 aliphatic heterocycles. The van der Waals surface area contributed by atoms with Gasteiger partial charge in [-0.3, -0.25) is 4.79 Å². The molecule has 4 rings (SSSR count). The molecule has 2 saturated carbocycles. The van der Waals surface area contributed by atoms with E-state index in [-0.39, 0.29) is 32.2 Å². The Bertz CT molecular complexity index is 925. The molecule has 0 spiro atoms. The van der Waals surface area contributed by atoms with E-state index in [1.807, 2.05) is 0 Å². The van der Waals surface area contributed by atoms with Crippen molar-refractivity contribution in [1.82, 2.24) is 5.32 Å². The van der Waals surface area contributed by atoms with Crippen molar-refractivity contribution in [3.63, 3.8) is 0 Å². The molecule has 43 heavy (non-hydrogen) atoms. The van der Waals surface area contributed by atoms with E-state index in [9.17, 15) is 35.4 Å². The summed E-state index contributed by atoms with van der Waals surface area (Å²) in [5.41, 5.74) is 27.9. The lowest BCUT2D eigenvalue weighted by atomic mass is 9.76. The van der Waals surface area contributed by atoms with Crippen LogP contribution in [0.3, 0.4) is 0 Å². The van der Waals surface area contributed by atoms with Gasteiger partial charge in [-0.15, -0.1) is 0 Å². The molecule has 250 valence electrons. The van der Waals surface area contributed by atoms with E-state index in [1.165, 1.54) is 0 Å². The minimum absolute atomic E-state index is 0.0197. The van der Waals surface area contributed by atoms with Gasteiger partial charge in [-0.25, -0.2) is 0 Å². The standard InChI is InChI=1S/C26H50N6O11/c27-2-1-3-32-12-6-13(34)14(8-28)40-24(12)43-23-11(29)4-10(5-17(35)26(39)7-16(26)30)22(21(23)38)42-25-20(37)18(31)19(36)15(9-33)41-25/h10-16,18-25,32-34,36-39H,1-9,27-31H2/t10-,11-,12+,13-,14+,15+,16?,18-,19+,20+,21+,22-,23?,24+,25+,26?/m0/s1. The molecule has 17 nitrogen and oxygen atoms in total. The first-order valence-electron chi connectivity index (χ1n) is 15.0. The highest BCUT2D eigenvalue weighted by Crippen LogP contribution is 2.41. The SMILES string of the molecule is NCCCN[C@@H]1C[C@H](O)[C@@H](CN)O[C@@H]1OC1[C@@H](N)C[C@@H](CC(=O)C2(O)CC2N)[C@H](O[C@H]2O[C@H](CO)[C@@H](O)[C@H](N)[C@H]2O)[C@H]1O. The fraction of sp³-hybridized carbons (Fsp3) is 0.962. The van der Waals surface area contributed by atoms with Crippen molar-refractivity contribution >= 4 is 5.78 Å². The number of carbonyl (C=O) groups is 1. The van der Waals surface area contributed by atoms with E-state index in [4.69, 9.17) is 47.6 Å². The second-order valence-corrected chi connectivity index (χ2v) is 12.3. The van der Waals surface area contributed by atoms with Crippen molar-refractivity contribution < 1.29 is 54.4 Å². The molecule has 4 aliphatic rings. The molecule has 4 fully saturated rings. The second-order valence-electron chi connectivity index (χ2n) is 12.3. The van der Waals surface area contributed by atoms with Crippen LogP contribution in [0.15, 0.2) is 0 Å². The highest BCUT2D eigenvalue weighted by Gasteiger charge is 2.58. The number of Topliss-reactive ketones (excluding diaryl/α,β-unsaturated/α-hetero) is 1. The van der Waals surface area contributed by atoms with Crippen molar-refractivity contribution in [3.05, 3.63) is 0 Å². The monoisotopic (exact) mass is 622 g/mol. The van der Waals surface area contributed by atoms with Gasteiger partial charge < -0.3 is 83.6 Å². The molecule has 0 aromatic rings. The molecule has 17 N–H and O–H groups in total. The van der Waals surface area contributed by atoms with E-state index >= 15 is 0 Å². The number of hydrogen-bond acceptors (Lipinski definition) is 17. The van der Waals surface area contributed by atoms with Crippen LogP contribution < -0.4 is 34.0 Å². The van der Waals surface area contributed by atoms with Gasteiger partial charge in [0.15, 0.2) is 18.4 Å². The molecule has 3 unspecified atom stereocenters. The maximum atomic E-state index is 13.0. The summed E-state index contributed by atoms with van der Waals surface area (Å²) >= 11 is 0. The first-order valence-corrected chi connectivity index (χ1v) is 15.0. The summed E-state index contributed by atoms with van der Waals surface area (Å²) in [7, 11) is 0. The maximum absolute atomic E-state index is 13.0. The average molecular weight is 623 g/mol. The van der Waals surface area contributed by atoms with Crippen LogP contribution in [0.25, 0.3) is 0 Å². The topological polar surface area (TPSA) is 318 Å². The van der Waals surface area contributed by atoms with Gasteiger partial charge in [-0.2, -0.15) is 0 Å². The number of ether oxygens (including phenoxy) is 4. The normalized spacial score (nSPS) is 48.7. The van der Waals surface area contributed by atoms with E-state index in [2.05, 4.69) is 5.32 Å². The molecule has 0 bridgehead atoms. The van der Waals surface area contributed by atoms with Gasteiger partial charge in [-0.05, 0) is 38.3 Å². The maximum Gasteiger partial charge on any atom is 0.186 e. The zero-order valence-electron chi connectivity index (χ0n) is 24.1. The number of nitrogens with one attached hydrogen (secondary N) is 1. The third-order valence-corrected chi connectivity index (χ3v) is 9.15. The molecule has 2 saturated heterocycles. The third-order valence-electron chi connectivity index (χ3n) is 9.15. The minimum Gasteiger partial charge on any atom is -0.394 e. The zero-order valence-corrected chi connectivity index (χ0v) is 24.1. The zero-order chi connectivity index (χ0) is 31.6. The number of aliphatic hydroxyl groups is 6. The van der Waals surface area contributed by atoms with E-state index in [1.54, 1.807) is 0 Å². The Morgan fingerprint density at radius 1 is 0.930 bits per heavy atom. The smallest absolute Gasteiger partial charge is 0.186 e. The van der Waals surface area contributed by atoms with Crippen LogP contribution in [-0.4, -0.2) is 154 Å². The highest BCUT2D eigenvalue weighted by atomic mass is 16.7. The van der Waals surface area contributed by atoms with Gasteiger partial charge in [0.05, 0.1) is 37.0 Å². The average Bonchev–Trinajstić information content (AvgIpc) is 3.60. The molecule has 0 radical (unpaired) electrons. The Morgan fingerprint density at radius 2 is 1.58 bits per heavy atom. The minimum atomic E-state index is -1.68. The van der Waals surface area contributed by atoms with Gasteiger partial charge in [0.25, 0.3) is 0 Å². The van der Waals surface area contributed by atoms with Crippen LogP contribution in [-0.2, 0) is 23.7 Å². The van der Waals surface area contributed by atoms with Crippen LogP contribution in [0.4, 0.5) is 0 Å². The molecule has 0 amide bonds. The Labute approximate surface area is 249 Å². The molecule has 2 heterocycles. The fourth-order valence-electron chi connectivity index (χ4n) is 6.25. The van der Waals surface area contributed by atoms with Crippen LogP contribution in [0.1, 0.15) is 32.1 Å². The summed E-state index contributed by atoms with van der Waals surface area (Å²) in [6, 6.07) is -3.28. The molecule has 0 aromatic heterocycles. The number of ketones is 1. The summed E-state index contributed by atoms with van der Waals surface area (Å²) in [5.74, 6) is -1.31. The van der Waals surface area contributed by atoms with Gasteiger partial charge in [-0.1, -0.05) is 0 Å². The Kier molecular flexibility index (Phi) is 11.9. The van der Waals surface area contributed by atoms with Crippen LogP contribution >= 0.6 is 0 Å². The number of hydrogen-bond donors (Lipinski definition) is 12. The van der Waals surface area contributed by atoms with Crippen LogP contribution in [0, 0.1) is 5.92 Å². The molecule has 17 heteroatoms. The fourth-order valence-corrected chi connectivity index (χ4v) is 6.25. The molecule has 16 atom stereocenters. The first-order chi connectivity index (χ1) is 20.4. The van der Waals surface area contributed by atoms with Gasteiger partial charge in [0, 0.05) is 31.5 Å².